The van der Waals surface area contributed by atoms with Crippen LogP contribution in [0.15, 0.2) is 30.1 Å². The van der Waals surface area contributed by atoms with E-state index in [1.807, 2.05) is 6.92 Å². The molecule has 0 heterocycles. The Morgan fingerprint density at radius 3 is 1.87 bits per heavy atom. The summed E-state index contributed by atoms with van der Waals surface area (Å²) < 4.78 is 28.2. The highest BCUT2D eigenvalue weighted by Gasteiger charge is 2.32. The molecule has 1 aliphatic carbocycles. The van der Waals surface area contributed by atoms with E-state index in [-0.39, 0.29) is 62.4 Å². The van der Waals surface area contributed by atoms with Crippen LogP contribution in [0.5, 0.6) is 28.7 Å². The van der Waals surface area contributed by atoms with Crippen molar-refractivity contribution in [3.63, 3.8) is 0 Å². The van der Waals surface area contributed by atoms with E-state index in [9.17, 15) is 34.2 Å². The Kier molecular flexibility index (Phi) is 11.3. The fourth-order valence-corrected chi connectivity index (χ4v) is 6.47. The van der Waals surface area contributed by atoms with Gasteiger partial charge in [-0.1, -0.05) is 13.0 Å². The number of benzene rings is 3. The summed E-state index contributed by atoms with van der Waals surface area (Å²) in [5.41, 5.74) is 3.66. The zero-order valence-electron chi connectivity index (χ0n) is 31.1. The van der Waals surface area contributed by atoms with Crippen molar-refractivity contribution in [1.29, 1.82) is 0 Å². The number of rotatable bonds is 10. The molecule has 0 fully saturated rings. The predicted octanol–water partition coefficient (Wildman–Crippen LogP) is 6.76. The number of allylic oxidation sites excluding steroid dienone is 2. The van der Waals surface area contributed by atoms with Crippen molar-refractivity contribution >= 4 is 29.7 Å². The number of phenolic OH excluding ortho intramolecular Hbond substituents is 1. The summed E-state index contributed by atoms with van der Waals surface area (Å²) in [4.78, 5) is 64.3. The number of methoxy groups -OCH3 is 2. The van der Waals surface area contributed by atoms with Gasteiger partial charge in [0, 0.05) is 17.2 Å². The lowest BCUT2D eigenvalue weighted by atomic mass is 9.91. The third kappa shape index (κ3) is 6.88. The van der Waals surface area contributed by atoms with Crippen LogP contribution < -0.4 is 18.9 Å². The van der Waals surface area contributed by atoms with Crippen molar-refractivity contribution in [1.82, 2.24) is 0 Å². The van der Waals surface area contributed by atoms with E-state index in [0.29, 0.717) is 45.4 Å². The smallest absolute Gasteiger partial charge is 0.347 e. The van der Waals surface area contributed by atoms with Crippen LogP contribution in [0.2, 0.25) is 0 Å². The Balaban J connectivity index is 1.67. The second-order valence-electron chi connectivity index (χ2n) is 12.6. The van der Waals surface area contributed by atoms with Crippen LogP contribution in [0.4, 0.5) is 0 Å². The highest BCUT2D eigenvalue weighted by molar-refractivity contribution is 6.03. The maximum Gasteiger partial charge on any atom is 0.347 e. The summed E-state index contributed by atoms with van der Waals surface area (Å²) in [5, 5.41) is 21.0. The molecule has 0 aliphatic heterocycles. The average Bonchev–Trinajstić information content (AvgIpc) is 3.08. The molecule has 12 nitrogen and oxygen atoms in total. The highest BCUT2D eigenvalue weighted by atomic mass is 16.6. The third-order valence-corrected chi connectivity index (χ3v) is 9.60. The highest BCUT2D eigenvalue weighted by Crippen LogP contribution is 2.42. The number of carbonyl (C=O) groups excluding carboxylic acids is 4. The molecule has 0 radical (unpaired) electrons. The Morgan fingerprint density at radius 2 is 1.29 bits per heavy atom. The fourth-order valence-electron chi connectivity index (χ4n) is 6.47. The molecular formula is C40H42O12. The molecule has 0 spiro atoms. The van der Waals surface area contributed by atoms with Gasteiger partial charge in [0.2, 0.25) is 0 Å². The Bertz CT molecular complexity index is 2120. The quantitative estimate of drug-likeness (QED) is 0.167. The first kappa shape index (κ1) is 38.9. The van der Waals surface area contributed by atoms with Crippen molar-refractivity contribution in [2.45, 2.75) is 68.7 Å². The van der Waals surface area contributed by atoms with E-state index in [1.165, 1.54) is 45.4 Å². The van der Waals surface area contributed by atoms with Crippen LogP contribution in [0, 0.1) is 61.3 Å². The van der Waals surface area contributed by atoms with Gasteiger partial charge in [-0.05, 0) is 113 Å². The fraction of sp³-hybridized carbons (Fsp3) is 0.325. The van der Waals surface area contributed by atoms with Crippen LogP contribution in [0.3, 0.4) is 0 Å². The first-order valence-electron chi connectivity index (χ1n) is 16.4. The summed E-state index contributed by atoms with van der Waals surface area (Å²) in [6.07, 6.45) is 4.23. The average molecular weight is 715 g/mol. The lowest BCUT2D eigenvalue weighted by Crippen LogP contribution is -2.25. The minimum Gasteiger partial charge on any atom is -0.507 e. The van der Waals surface area contributed by atoms with Gasteiger partial charge in [-0.3, -0.25) is 9.59 Å². The number of aromatic hydroxyl groups is 1. The molecule has 3 aromatic rings. The molecule has 0 aromatic heterocycles. The zero-order valence-corrected chi connectivity index (χ0v) is 31.1. The SMILES string of the molecule is CCc1c(C)c(C(=O)O)c(C)c(C)c1OC(=O)c1c(C)cc(OC(=O)c2c(C)c(C)c(OC(=O)C3C=CC(=O)C=C3OC)c(OC)c2C)c(C)c1O. The summed E-state index contributed by atoms with van der Waals surface area (Å²) >= 11 is 0. The molecule has 0 amide bonds. The number of carboxylic acid groups (broad SMARTS) is 1. The van der Waals surface area contributed by atoms with Gasteiger partial charge in [0.05, 0.1) is 25.3 Å². The largest absolute Gasteiger partial charge is 0.507 e. The number of carbonyl (C=O) groups is 5. The number of phenols is 1. The maximum absolute atomic E-state index is 13.8. The van der Waals surface area contributed by atoms with Gasteiger partial charge in [0.1, 0.15) is 34.5 Å². The molecule has 0 bridgehead atoms. The molecule has 2 N–H and O–H groups in total. The van der Waals surface area contributed by atoms with Crippen LogP contribution in [-0.4, -0.2) is 54.1 Å². The van der Waals surface area contributed by atoms with E-state index in [2.05, 4.69) is 0 Å². The normalized spacial score (nSPS) is 13.7. The van der Waals surface area contributed by atoms with Gasteiger partial charge in [-0.15, -0.1) is 0 Å². The molecule has 52 heavy (non-hydrogen) atoms. The van der Waals surface area contributed by atoms with E-state index < -0.39 is 35.5 Å². The number of aryl methyl sites for hydroxylation is 1. The van der Waals surface area contributed by atoms with Gasteiger partial charge in [0.25, 0.3) is 0 Å². The molecule has 0 saturated heterocycles. The summed E-state index contributed by atoms with van der Waals surface area (Å²) in [5.74, 6) is -4.69. The molecule has 3 aromatic carbocycles. The van der Waals surface area contributed by atoms with Crippen LogP contribution >= 0.6 is 0 Å². The maximum atomic E-state index is 13.8. The first-order valence-corrected chi connectivity index (χ1v) is 16.4. The van der Waals surface area contributed by atoms with Crippen molar-refractivity contribution in [2.75, 3.05) is 14.2 Å². The molecule has 1 unspecified atom stereocenters. The van der Waals surface area contributed by atoms with Crippen LogP contribution in [-0.2, 0) is 20.7 Å². The van der Waals surface area contributed by atoms with Crippen molar-refractivity contribution in [3.8, 4) is 28.7 Å². The Morgan fingerprint density at radius 1 is 0.692 bits per heavy atom. The van der Waals surface area contributed by atoms with E-state index >= 15 is 0 Å². The molecular weight excluding hydrogens is 672 g/mol. The van der Waals surface area contributed by atoms with Gasteiger partial charge in [-0.25, -0.2) is 14.4 Å². The third-order valence-electron chi connectivity index (χ3n) is 9.60. The van der Waals surface area contributed by atoms with Gasteiger partial charge in [0.15, 0.2) is 17.3 Å². The first-order chi connectivity index (χ1) is 24.4. The van der Waals surface area contributed by atoms with Crippen LogP contribution in [0.25, 0.3) is 0 Å². The van der Waals surface area contributed by atoms with Gasteiger partial charge in [-0.2, -0.15) is 0 Å². The zero-order chi connectivity index (χ0) is 38.9. The summed E-state index contributed by atoms with van der Waals surface area (Å²) in [6, 6.07) is 1.44. The molecule has 274 valence electrons. The number of hydrogen-bond donors (Lipinski definition) is 2. The van der Waals surface area contributed by atoms with Crippen LogP contribution in [0.1, 0.15) is 88.1 Å². The Labute approximate surface area is 301 Å². The second-order valence-corrected chi connectivity index (χ2v) is 12.6. The van der Waals surface area contributed by atoms with Crippen molar-refractivity contribution < 1.29 is 57.9 Å². The monoisotopic (exact) mass is 714 g/mol. The summed E-state index contributed by atoms with van der Waals surface area (Å²) in [7, 11) is 2.70. The Hall–Kier alpha value is -5.91. The summed E-state index contributed by atoms with van der Waals surface area (Å²) in [6.45, 7) is 14.8. The number of aromatic carboxylic acids is 1. The van der Waals surface area contributed by atoms with Gasteiger partial charge < -0.3 is 33.9 Å². The van der Waals surface area contributed by atoms with E-state index in [4.69, 9.17) is 23.7 Å². The predicted molar refractivity (Wildman–Crippen MR) is 190 cm³/mol. The van der Waals surface area contributed by atoms with Gasteiger partial charge >= 0.3 is 23.9 Å². The molecule has 1 aliphatic rings. The number of esters is 3. The molecule has 0 saturated carbocycles. The minimum absolute atomic E-state index is 0.0112. The molecule has 12 heteroatoms. The lowest BCUT2D eigenvalue weighted by Gasteiger charge is -2.22. The number of hydrogen-bond acceptors (Lipinski definition) is 11. The minimum atomic E-state index is -1.08. The standard InChI is InChI=1S/C40H42O12/c1-12-26-22(7)31(37(43)44)18(3)20(5)34(26)51-39(46)30-17(2)15-28(23(8)33(30)42)50-40(47)32-19(4)21(6)36(35(49-11)24(32)9)52-38(45)27-14-13-25(41)16-29(27)48-10/h13-16,27,42H,12H2,1-11H3,(H,43,44). The van der Waals surface area contributed by atoms with Crippen molar-refractivity contribution in [3.05, 3.63) is 96.8 Å². The molecule has 4 rings (SSSR count). The molecule has 1 atom stereocenters. The number of ether oxygens (including phenoxy) is 5. The van der Waals surface area contributed by atoms with E-state index in [0.717, 1.165) is 0 Å². The second kappa shape index (κ2) is 15.1. The lowest BCUT2D eigenvalue weighted by molar-refractivity contribution is -0.137. The topological polar surface area (TPSA) is 172 Å². The van der Waals surface area contributed by atoms with E-state index in [1.54, 1.807) is 48.5 Å². The van der Waals surface area contributed by atoms with Crippen molar-refractivity contribution in [2.24, 2.45) is 5.92 Å². The number of carboxylic acids is 1. The number of ketones is 1.